The first-order valence-electron chi connectivity index (χ1n) is 6.71. The lowest BCUT2D eigenvalue weighted by atomic mass is 9.76. The van der Waals surface area contributed by atoms with E-state index < -0.39 is 29.4 Å². The summed E-state index contributed by atoms with van der Waals surface area (Å²) in [6, 6.07) is -0.732. The van der Waals surface area contributed by atoms with Gasteiger partial charge < -0.3 is 9.84 Å². The molecule has 1 saturated heterocycles. The van der Waals surface area contributed by atoms with Crippen LogP contribution in [0.15, 0.2) is 0 Å². The Kier molecular flexibility index (Phi) is 5.50. The summed E-state index contributed by atoms with van der Waals surface area (Å²) in [5.74, 6) is -1.49. The van der Waals surface area contributed by atoms with Crippen molar-refractivity contribution in [3.05, 3.63) is 0 Å². The molecule has 1 rings (SSSR count). The second-order valence-corrected chi connectivity index (χ2v) is 5.57. The van der Waals surface area contributed by atoms with Gasteiger partial charge >= 0.3 is 12.1 Å². The van der Waals surface area contributed by atoms with E-state index in [0.29, 0.717) is 6.54 Å². The number of carbonyl (C=O) groups is 3. The van der Waals surface area contributed by atoms with Gasteiger partial charge in [0, 0.05) is 0 Å². The Balaban J connectivity index is 2.66. The third kappa shape index (κ3) is 4.19. The fourth-order valence-electron chi connectivity index (χ4n) is 2.66. The van der Waals surface area contributed by atoms with Crippen LogP contribution in [-0.2, 0) is 14.3 Å². The van der Waals surface area contributed by atoms with Crippen LogP contribution in [0.3, 0.4) is 0 Å². The maximum absolute atomic E-state index is 11.7. The van der Waals surface area contributed by atoms with Gasteiger partial charge in [0.25, 0.3) is 0 Å². The molecular formula is C13H22N2O5. The monoisotopic (exact) mass is 286 g/mol. The van der Waals surface area contributed by atoms with Crippen LogP contribution >= 0.6 is 0 Å². The minimum Gasteiger partial charge on any atom is -0.480 e. The van der Waals surface area contributed by atoms with Crippen molar-refractivity contribution in [1.82, 2.24) is 10.2 Å². The number of alkyl carbamates (subject to hydrolysis) is 1. The first-order chi connectivity index (χ1) is 9.27. The number of rotatable bonds is 4. The number of aliphatic carboxylic acids is 1. The Labute approximate surface area is 118 Å². The highest BCUT2D eigenvalue weighted by atomic mass is 16.5. The summed E-state index contributed by atoms with van der Waals surface area (Å²) in [7, 11) is 0. The van der Waals surface area contributed by atoms with Crippen molar-refractivity contribution in [3.8, 4) is 0 Å². The number of likely N-dealkylation sites (tertiary alicyclic amines) is 1. The standard InChI is InChI=1S/C13H22N2O5/c1-4-20-12(19)14-9(16)8-15-7-5-6-13(2,3)10(15)11(17)18/h10H,4-8H2,1-3H3,(H,17,18)(H,14,16,19). The number of nitrogens with one attached hydrogen (secondary N) is 1. The molecule has 1 aliphatic rings. The molecule has 0 saturated carbocycles. The van der Waals surface area contributed by atoms with E-state index >= 15 is 0 Å². The summed E-state index contributed by atoms with van der Waals surface area (Å²) in [5.41, 5.74) is -0.408. The third-order valence-corrected chi connectivity index (χ3v) is 3.47. The summed E-state index contributed by atoms with van der Waals surface area (Å²) in [4.78, 5) is 35.9. The maximum Gasteiger partial charge on any atom is 0.413 e. The molecule has 0 aromatic carbocycles. The fourth-order valence-corrected chi connectivity index (χ4v) is 2.66. The largest absolute Gasteiger partial charge is 0.480 e. The molecule has 0 spiro atoms. The number of ether oxygens (including phenoxy) is 1. The van der Waals surface area contributed by atoms with E-state index in [2.05, 4.69) is 10.1 Å². The van der Waals surface area contributed by atoms with Crippen LogP contribution in [0.5, 0.6) is 0 Å². The molecule has 7 heteroatoms. The summed E-state index contributed by atoms with van der Waals surface area (Å²) in [6.07, 6.45) is 0.810. The molecular weight excluding hydrogens is 264 g/mol. The molecule has 20 heavy (non-hydrogen) atoms. The first kappa shape index (κ1) is 16.4. The molecule has 2 amide bonds. The Morgan fingerprint density at radius 3 is 2.60 bits per heavy atom. The quantitative estimate of drug-likeness (QED) is 0.795. The molecule has 1 unspecified atom stereocenters. The van der Waals surface area contributed by atoms with Crippen LogP contribution in [0.2, 0.25) is 0 Å². The number of imide groups is 1. The maximum atomic E-state index is 11.7. The van der Waals surface area contributed by atoms with E-state index in [1.54, 1.807) is 11.8 Å². The average Bonchev–Trinajstić information content (AvgIpc) is 2.26. The zero-order valence-electron chi connectivity index (χ0n) is 12.1. The van der Waals surface area contributed by atoms with E-state index in [1.807, 2.05) is 13.8 Å². The molecule has 2 N–H and O–H groups in total. The van der Waals surface area contributed by atoms with Gasteiger partial charge in [0.05, 0.1) is 13.2 Å². The Morgan fingerprint density at radius 2 is 2.05 bits per heavy atom. The van der Waals surface area contributed by atoms with Gasteiger partial charge in [-0.1, -0.05) is 13.8 Å². The van der Waals surface area contributed by atoms with Crippen LogP contribution in [0.1, 0.15) is 33.6 Å². The highest BCUT2D eigenvalue weighted by molar-refractivity contribution is 5.93. The van der Waals surface area contributed by atoms with Gasteiger partial charge in [0.1, 0.15) is 6.04 Å². The van der Waals surface area contributed by atoms with E-state index in [0.717, 1.165) is 12.8 Å². The number of piperidine rings is 1. The highest BCUT2D eigenvalue weighted by Gasteiger charge is 2.42. The summed E-state index contributed by atoms with van der Waals surface area (Å²) in [6.45, 7) is 5.96. The SMILES string of the molecule is CCOC(=O)NC(=O)CN1CCCC(C)(C)C1C(=O)O. The minimum atomic E-state index is -0.946. The zero-order valence-corrected chi connectivity index (χ0v) is 12.1. The normalized spacial score (nSPS) is 22.1. The van der Waals surface area contributed by atoms with Crippen molar-refractivity contribution in [1.29, 1.82) is 0 Å². The molecule has 7 nitrogen and oxygen atoms in total. The van der Waals surface area contributed by atoms with E-state index in [-0.39, 0.29) is 13.2 Å². The fraction of sp³-hybridized carbons (Fsp3) is 0.769. The second kappa shape index (κ2) is 6.69. The molecule has 1 heterocycles. The summed E-state index contributed by atoms with van der Waals surface area (Å²) >= 11 is 0. The molecule has 0 aromatic heterocycles. The van der Waals surface area contributed by atoms with Crippen molar-refractivity contribution in [3.63, 3.8) is 0 Å². The van der Waals surface area contributed by atoms with Gasteiger partial charge in [-0.15, -0.1) is 0 Å². The van der Waals surface area contributed by atoms with Crippen LogP contribution in [-0.4, -0.2) is 53.7 Å². The lowest BCUT2D eigenvalue weighted by molar-refractivity contribution is -0.151. The molecule has 0 radical (unpaired) electrons. The predicted octanol–water partition coefficient (Wildman–Crippen LogP) is 0.834. The van der Waals surface area contributed by atoms with Crippen molar-refractivity contribution in [2.45, 2.75) is 39.7 Å². The number of hydrogen-bond donors (Lipinski definition) is 2. The first-order valence-corrected chi connectivity index (χ1v) is 6.71. The Hall–Kier alpha value is -1.63. The van der Waals surface area contributed by atoms with Crippen LogP contribution < -0.4 is 5.32 Å². The van der Waals surface area contributed by atoms with E-state index in [4.69, 9.17) is 0 Å². The number of amides is 2. The third-order valence-electron chi connectivity index (χ3n) is 3.47. The number of carboxylic acid groups (broad SMARTS) is 1. The van der Waals surface area contributed by atoms with Crippen molar-refractivity contribution in [2.75, 3.05) is 19.7 Å². The molecule has 1 aliphatic heterocycles. The average molecular weight is 286 g/mol. The predicted molar refractivity (Wildman–Crippen MR) is 71.2 cm³/mol. The minimum absolute atomic E-state index is 0.126. The summed E-state index contributed by atoms with van der Waals surface area (Å²) in [5, 5.41) is 11.4. The number of carboxylic acids is 1. The van der Waals surface area contributed by atoms with Gasteiger partial charge in [0.2, 0.25) is 5.91 Å². The highest BCUT2D eigenvalue weighted by Crippen LogP contribution is 2.35. The van der Waals surface area contributed by atoms with Gasteiger partial charge in [-0.25, -0.2) is 4.79 Å². The van der Waals surface area contributed by atoms with E-state index in [1.165, 1.54) is 0 Å². The Morgan fingerprint density at radius 1 is 1.40 bits per heavy atom. The molecule has 0 aromatic rings. The van der Waals surface area contributed by atoms with Gasteiger partial charge in [-0.05, 0) is 31.7 Å². The van der Waals surface area contributed by atoms with Crippen molar-refractivity contribution in [2.24, 2.45) is 5.41 Å². The lowest BCUT2D eigenvalue weighted by Gasteiger charge is -2.43. The van der Waals surface area contributed by atoms with Crippen LogP contribution in [0.25, 0.3) is 0 Å². The van der Waals surface area contributed by atoms with E-state index in [9.17, 15) is 19.5 Å². The lowest BCUT2D eigenvalue weighted by Crippen LogP contribution is -2.56. The van der Waals surface area contributed by atoms with Crippen molar-refractivity contribution < 1.29 is 24.2 Å². The van der Waals surface area contributed by atoms with Crippen molar-refractivity contribution >= 4 is 18.0 Å². The number of hydrogen-bond acceptors (Lipinski definition) is 5. The topological polar surface area (TPSA) is 95.9 Å². The molecule has 0 aliphatic carbocycles. The zero-order chi connectivity index (χ0) is 15.3. The van der Waals surface area contributed by atoms with Crippen LogP contribution in [0.4, 0.5) is 4.79 Å². The van der Waals surface area contributed by atoms with Crippen LogP contribution in [0, 0.1) is 5.41 Å². The number of nitrogens with zero attached hydrogens (tertiary/aromatic N) is 1. The molecule has 114 valence electrons. The number of carbonyl (C=O) groups excluding carboxylic acids is 2. The Bertz CT molecular complexity index is 394. The summed E-state index contributed by atoms with van der Waals surface area (Å²) < 4.78 is 4.61. The smallest absolute Gasteiger partial charge is 0.413 e. The van der Waals surface area contributed by atoms with Gasteiger partial charge in [-0.3, -0.25) is 19.8 Å². The van der Waals surface area contributed by atoms with Gasteiger partial charge in [-0.2, -0.15) is 0 Å². The van der Waals surface area contributed by atoms with Gasteiger partial charge in [0.15, 0.2) is 0 Å². The second-order valence-electron chi connectivity index (χ2n) is 5.57. The molecule has 1 atom stereocenters. The molecule has 0 bridgehead atoms. The molecule has 1 fully saturated rings.